The topological polar surface area (TPSA) is 64.5 Å². The van der Waals surface area contributed by atoms with E-state index in [-0.39, 0.29) is 12.2 Å². The van der Waals surface area contributed by atoms with Gasteiger partial charge in [-0.1, -0.05) is 0 Å². The Morgan fingerprint density at radius 1 is 1.27 bits per heavy atom. The van der Waals surface area contributed by atoms with Crippen LogP contribution in [0.15, 0.2) is 6.20 Å². The van der Waals surface area contributed by atoms with E-state index in [1.165, 1.54) is 0 Å². The molecule has 0 N–H and O–H groups in total. The molecule has 1 aromatic heterocycles. The number of carbonyl (C=O) groups is 1. The maximum atomic E-state index is 12.0. The van der Waals surface area contributed by atoms with E-state index in [4.69, 9.17) is 9.47 Å². The summed E-state index contributed by atoms with van der Waals surface area (Å²) in [6, 6.07) is 0. The molecule has 6 heteroatoms. The quantitative estimate of drug-likeness (QED) is 0.840. The van der Waals surface area contributed by atoms with Gasteiger partial charge < -0.3 is 14.4 Å². The Morgan fingerprint density at radius 3 is 2.50 bits per heavy atom. The molecule has 6 nitrogen and oxygen atoms in total. The van der Waals surface area contributed by atoms with E-state index in [0.717, 1.165) is 24.2 Å². The van der Waals surface area contributed by atoms with Crippen LogP contribution in [0, 0.1) is 13.8 Å². The number of hydrogen-bond donors (Lipinski definition) is 0. The third-order valence-corrected chi connectivity index (χ3v) is 3.40. The van der Waals surface area contributed by atoms with Gasteiger partial charge in [0.2, 0.25) is 5.88 Å². The van der Waals surface area contributed by atoms with Crippen molar-refractivity contribution in [1.29, 1.82) is 0 Å². The molecule has 122 valence electrons. The van der Waals surface area contributed by atoms with Crippen molar-refractivity contribution in [3.63, 3.8) is 0 Å². The van der Waals surface area contributed by atoms with E-state index in [1.54, 1.807) is 11.1 Å². The number of ether oxygens (including phenoxy) is 2. The van der Waals surface area contributed by atoms with Crippen LogP contribution < -0.4 is 4.74 Å². The highest BCUT2D eigenvalue weighted by atomic mass is 16.6. The Kier molecular flexibility index (Phi) is 4.88. The lowest BCUT2D eigenvalue weighted by atomic mass is 10.1. The molecule has 1 amide bonds. The van der Waals surface area contributed by atoms with E-state index >= 15 is 0 Å². The lowest BCUT2D eigenvalue weighted by Crippen LogP contribution is -2.44. The molecule has 0 unspecified atom stereocenters. The fourth-order valence-corrected chi connectivity index (χ4v) is 2.27. The van der Waals surface area contributed by atoms with Gasteiger partial charge in [0, 0.05) is 32.1 Å². The third-order valence-electron chi connectivity index (χ3n) is 3.40. The maximum Gasteiger partial charge on any atom is 0.410 e. The molecule has 1 aliphatic heterocycles. The van der Waals surface area contributed by atoms with Crippen LogP contribution in [-0.4, -0.2) is 45.8 Å². The molecule has 0 spiro atoms. The fourth-order valence-electron chi connectivity index (χ4n) is 2.27. The molecule has 2 rings (SSSR count). The van der Waals surface area contributed by atoms with Crippen molar-refractivity contribution in [1.82, 2.24) is 14.9 Å². The summed E-state index contributed by atoms with van der Waals surface area (Å²) in [5.41, 5.74) is 1.17. The van der Waals surface area contributed by atoms with E-state index in [2.05, 4.69) is 9.97 Å². The number of aromatic nitrogens is 2. The summed E-state index contributed by atoms with van der Waals surface area (Å²) in [6.07, 6.45) is 3.08. The Morgan fingerprint density at radius 2 is 1.91 bits per heavy atom. The fraction of sp³-hybridized carbons (Fsp3) is 0.688. The van der Waals surface area contributed by atoms with Gasteiger partial charge in [-0.15, -0.1) is 0 Å². The minimum atomic E-state index is -0.460. The summed E-state index contributed by atoms with van der Waals surface area (Å²) >= 11 is 0. The minimum absolute atomic E-state index is 0.0634. The zero-order valence-corrected chi connectivity index (χ0v) is 14.0. The SMILES string of the molecule is Cc1cnc(C)c(OC2CCN(C(=O)OC(C)(C)C)CC2)n1. The Labute approximate surface area is 131 Å². The molecule has 0 atom stereocenters. The van der Waals surface area contributed by atoms with Gasteiger partial charge in [0.1, 0.15) is 11.7 Å². The summed E-state index contributed by atoms with van der Waals surface area (Å²) in [5.74, 6) is 0.593. The summed E-state index contributed by atoms with van der Waals surface area (Å²) < 4.78 is 11.3. The summed E-state index contributed by atoms with van der Waals surface area (Å²) in [4.78, 5) is 22.4. The molecule has 0 aromatic carbocycles. The molecule has 0 aliphatic carbocycles. The summed E-state index contributed by atoms with van der Waals surface area (Å²) in [6.45, 7) is 10.7. The predicted molar refractivity (Wildman–Crippen MR) is 83.0 cm³/mol. The number of piperidine rings is 1. The zero-order valence-electron chi connectivity index (χ0n) is 14.0. The first kappa shape index (κ1) is 16.5. The van der Waals surface area contributed by atoms with Gasteiger partial charge in [-0.25, -0.2) is 9.78 Å². The summed E-state index contributed by atoms with van der Waals surface area (Å²) in [7, 11) is 0. The van der Waals surface area contributed by atoms with Crippen molar-refractivity contribution in [3.05, 3.63) is 17.6 Å². The van der Waals surface area contributed by atoms with Gasteiger partial charge in [-0.3, -0.25) is 4.98 Å². The standard InChI is InChI=1S/C16H25N3O3/c1-11-10-17-12(2)14(18-11)21-13-6-8-19(9-7-13)15(20)22-16(3,4)5/h10,13H,6-9H2,1-5H3. The van der Waals surface area contributed by atoms with E-state index in [9.17, 15) is 4.79 Å². The number of aryl methyl sites for hydroxylation is 2. The first-order chi connectivity index (χ1) is 10.2. The van der Waals surface area contributed by atoms with Crippen LogP contribution in [0.3, 0.4) is 0 Å². The molecule has 1 aromatic rings. The molecule has 22 heavy (non-hydrogen) atoms. The largest absolute Gasteiger partial charge is 0.473 e. The van der Waals surface area contributed by atoms with Crippen molar-refractivity contribution in [2.24, 2.45) is 0 Å². The Balaban J connectivity index is 1.87. The third kappa shape index (κ3) is 4.58. The van der Waals surface area contributed by atoms with Gasteiger partial charge in [-0.05, 0) is 34.6 Å². The van der Waals surface area contributed by atoms with Gasteiger partial charge in [0.25, 0.3) is 0 Å². The number of amides is 1. The van der Waals surface area contributed by atoms with Gasteiger partial charge in [0.15, 0.2) is 0 Å². The normalized spacial score (nSPS) is 16.5. The summed E-state index contributed by atoms with van der Waals surface area (Å²) in [5, 5.41) is 0. The predicted octanol–water partition coefficient (Wildman–Crippen LogP) is 2.87. The smallest absolute Gasteiger partial charge is 0.410 e. The number of nitrogens with zero attached hydrogens (tertiary/aromatic N) is 3. The highest BCUT2D eigenvalue weighted by molar-refractivity contribution is 5.68. The highest BCUT2D eigenvalue weighted by Gasteiger charge is 2.28. The van der Waals surface area contributed by atoms with Gasteiger partial charge >= 0.3 is 6.09 Å². The number of carbonyl (C=O) groups excluding carboxylic acids is 1. The molecule has 0 bridgehead atoms. The van der Waals surface area contributed by atoms with Crippen LogP contribution in [0.4, 0.5) is 4.79 Å². The Hall–Kier alpha value is -1.85. The second kappa shape index (κ2) is 6.50. The van der Waals surface area contributed by atoms with E-state index < -0.39 is 5.60 Å². The molecule has 2 heterocycles. The average Bonchev–Trinajstić information content (AvgIpc) is 2.42. The molecule has 0 radical (unpaired) electrons. The minimum Gasteiger partial charge on any atom is -0.473 e. The van der Waals surface area contributed by atoms with Crippen LogP contribution in [0.2, 0.25) is 0 Å². The van der Waals surface area contributed by atoms with E-state index in [0.29, 0.717) is 19.0 Å². The monoisotopic (exact) mass is 307 g/mol. The molecule has 1 fully saturated rings. The first-order valence-electron chi connectivity index (χ1n) is 7.69. The lowest BCUT2D eigenvalue weighted by molar-refractivity contribution is 0.0122. The second-order valence-corrected chi connectivity index (χ2v) is 6.69. The second-order valence-electron chi connectivity index (χ2n) is 6.69. The highest BCUT2D eigenvalue weighted by Crippen LogP contribution is 2.21. The first-order valence-corrected chi connectivity index (χ1v) is 7.69. The number of likely N-dealkylation sites (tertiary alicyclic amines) is 1. The van der Waals surface area contributed by atoms with Crippen molar-refractivity contribution in [2.45, 2.75) is 59.2 Å². The maximum absolute atomic E-state index is 12.0. The van der Waals surface area contributed by atoms with Crippen LogP contribution >= 0.6 is 0 Å². The number of rotatable bonds is 2. The molecular formula is C16H25N3O3. The van der Waals surface area contributed by atoms with Crippen molar-refractivity contribution in [2.75, 3.05) is 13.1 Å². The molecule has 1 saturated heterocycles. The van der Waals surface area contributed by atoms with Crippen molar-refractivity contribution in [3.8, 4) is 5.88 Å². The van der Waals surface area contributed by atoms with Crippen LogP contribution in [-0.2, 0) is 4.74 Å². The van der Waals surface area contributed by atoms with Gasteiger partial charge in [0.05, 0.1) is 11.4 Å². The van der Waals surface area contributed by atoms with E-state index in [1.807, 2.05) is 34.6 Å². The average molecular weight is 307 g/mol. The molecular weight excluding hydrogens is 282 g/mol. The Bertz CT molecular complexity index is 532. The van der Waals surface area contributed by atoms with Crippen LogP contribution in [0.25, 0.3) is 0 Å². The van der Waals surface area contributed by atoms with Crippen molar-refractivity contribution < 1.29 is 14.3 Å². The van der Waals surface area contributed by atoms with Crippen molar-refractivity contribution >= 4 is 6.09 Å². The zero-order chi connectivity index (χ0) is 16.3. The van der Waals surface area contributed by atoms with Gasteiger partial charge in [-0.2, -0.15) is 0 Å². The molecule has 1 aliphatic rings. The van der Waals surface area contributed by atoms with Crippen LogP contribution in [0.1, 0.15) is 45.0 Å². The van der Waals surface area contributed by atoms with Crippen LogP contribution in [0.5, 0.6) is 5.88 Å². The lowest BCUT2D eigenvalue weighted by Gasteiger charge is -2.33. The number of hydrogen-bond acceptors (Lipinski definition) is 5. The molecule has 0 saturated carbocycles.